The number of amides is 1. The third-order valence-electron chi connectivity index (χ3n) is 2.42. The zero-order valence-electron chi connectivity index (χ0n) is 14.0. The summed E-state index contributed by atoms with van der Waals surface area (Å²) in [6.07, 6.45) is 0. The highest BCUT2D eigenvalue weighted by atomic mass is 35.5. The molecule has 1 atom stereocenters. The van der Waals surface area contributed by atoms with Crippen LogP contribution in [0, 0.1) is 0 Å². The maximum atomic E-state index is 11.1. The van der Waals surface area contributed by atoms with Crippen LogP contribution in [0.4, 0.5) is 11.9 Å². The van der Waals surface area contributed by atoms with Crippen molar-refractivity contribution in [2.75, 3.05) is 22.9 Å². The lowest BCUT2D eigenvalue weighted by Gasteiger charge is -2.14. The van der Waals surface area contributed by atoms with Gasteiger partial charge in [0, 0.05) is 25.3 Å². The largest absolute Gasteiger partial charge is 0.480 e. The number of rotatable bonds is 9. The van der Waals surface area contributed by atoms with Gasteiger partial charge in [-0.2, -0.15) is 15.0 Å². The lowest BCUT2D eigenvalue weighted by atomic mass is 10.3. The summed E-state index contributed by atoms with van der Waals surface area (Å²) < 4.78 is 0. The molecule has 1 heterocycles. The Bertz CT molecular complexity index is 561. The predicted molar refractivity (Wildman–Crippen MR) is 96.0 cm³/mol. The number of carboxylic acids is 1. The predicted octanol–water partition coefficient (Wildman–Crippen LogP) is 1.23. The Balaban J connectivity index is 0.00000529. The van der Waals surface area contributed by atoms with Crippen LogP contribution in [0.15, 0.2) is 5.16 Å². The third kappa shape index (κ3) is 8.16. The quantitative estimate of drug-likeness (QED) is 0.468. The fraction of sp³-hybridized carbons (Fsp3) is 0.615. The number of hydrogen-bond acceptors (Lipinski definition) is 8. The molecule has 1 amide bonds. The summed E-state index contributed by atoms with van der Waals surface area (Å²) in [6, 6.07) is -0.853. The number of carboxylic acid groups (broad SMARTS) is 1. The smallest absolute Gasteiger partial charge is 0.327 e. The highest BCUT2D eigenvalue weighted by molar-refractivity contribution is 7.99. The molecule has 0 fully saturated rings. The van der Waals surface area contributed by atoms with Gasteiger partial charge in [-0.3, -0.25) is 4.79 Å². The fourth-order valence-corrected chi connectivity index (χ4v) is 2.40. The summed E-state index contributed by atoms with van der Waals surface area (Å²) in [5.74, 6) is -0.552. The summed E-state index contributed by atoms with van der Waals surface area (Å²) in [7, 11) is 0. The number of nitrogens with one attached hydrogen (secondary N) is 3. The molecule has 0 radical (unpaired) electrons. The number of carbonyl (C=O) groups excluding carboxylic acids is 1. The standard InChI is InChI=1S/C13H22N6O3S.ClH/c1-5-14-11-17-12(15-7(2)3)19-13(18-11)23-6-9(10(21)22)16-8(4)20;/h7,9H,5-6H2,1-4H3,(H,16,20)(H,21,22)(H2,14,15,17,18,19);1H/t9-;/m1./s1. The van der Waals surface area contributed by atoms with E-state index >= 15 is 0 Å². The first-order valence-corrected chi connectivity index (χ1v) is 8.19. The summed E-state index contributed by atoms with van der Waals surface area (Å²) in [5, 5.41) is 18.0. The molecule has 0 spiro atoms. The van der Waals surface area contributed by atoms with Crippen LogP contribution < -0.4 is 16.0 Å². The van der Waals surface area contributed by atoms with Crippen LogP contribution in [0.1, 0.15) is 27.7 Å². The molecule has 0 unspecified atom stereocenters. The first-order chi connectivity index (χ1) is 10.8. The van der Waals surface area contributed by atoms with Gasteiger partial charge in [0.1, 0.15) is 6.04 Å². The van der Waals surface area contributed by atoms with E-state index < -0.39 is 17.9 Å². The molecule has 0 aromatic carbocycles. The van der Waals surface area contributed by atoms with Crippen molar-refractivity contribution in [3.8, 4) is 0 Å². The van der Waals surface area contributed by atoms with Gasteiger partial charge in [0.2, 0.25) is 17.8 Å². The van der Waals surface area contributed by atoms with E-state index in [4.69, 9.17) is 5.11 Å². The zero-order chi connectivity index (χ0) is 17.4. The van der Waals surface area contributed by atoms with Crippen molar-refractivity contribution in [3.05, 3.63) is 0 Å². The molecule has 1 aromatic heterocycles. The summed E-state index contributed by atoms with van der Waals surface area (Å²) >= 11 is 1.14. The van der Waals surface area contributed by atoms with Gasteiger partial charge in [-0.1, -0.05) is 11.8 Å². The summed E-state index contributed by atoms with van der Waals surface area (Å²) in [4.78, 5) is 34.9. The normalized spacial score (nSPS) is 11.4. The minimum Gasteiger partial charge on any atom is -0.480 e. The monoisotopic (exact) mass is 378 g/mol. The Labute approximate surface area is 151 Å². The molecular weight excluding hydrogens is 356 g/mol. The first-order valence-electron chi connectivity index (χ1n) is 7.21. The van der Waals surface area contributed by atoms with Crippen molar-refractivity contribution in [1.82, 2.24) is 20.3 Å². The summed E-state index contributed by atoms with van der Waals surface area (Å²) in [6.45, 7) is 7.77. The van der Waals surface area contributed by atoms with Gasteiger partial charge in [0.05, 0.1) is 0 Å². The third-order valence-corrected chi connectivity index (χ3v) is 3.36. The minimum atomic E-state index is -1.10. The van der Waals surface area contributed by atoms with E-state index in [1.807, 2.05) is 20.8 Å². The molecule has 0 aliphatic heterocycles. The molecule has 0 aliphatic rings. The van der Waals surface area contributed by atoms with Crippen molar-refractivity contribution in [1.29, 1.82) is 0 Å². The molecule has 0 saturated carbocycles. The van der Waals surface area contributed by atoms with Gasteiger partial charge in [0.25, 0.3) is 0 Å². The number of nitrogens with zero attached hydrogens (tertiary/aromatic N) is 3. The molecule has 11 heteroatoms. The number of hydrogen-bond donors (Lipinski definition) is 4. The van der Waals surface area contributed by atoms with Crippen LogP contribution >= 0.6 is 24.2 Å². The second-order valence-electron chi connectivity index (χ2n) is 5.00. The Morgan fingerprint density at radius 1 is 1.21 bits per heavy atom. The number of halogens is 1. The Morgan fingerprint density at radius 2 is 1.83 bits per heavy atom. The maximum Gasteiger partial charge on any atom is 0.327 e. The highest BCUT2D eigenvalue weighted by Gasteiger charge is 2.19. The lowest BCUT2D eigenvalue weighted by Crippen LogP contribution is -2.41. The van der Waals surface area contributed by atoms with Gasteiger partial charge in [0.15, 0.2) is 5.16 Å². The van der Waals surface area contributed by atoms with Crippen LogP contribution in [0.2, 0.25) is 0 Å². The Kier molecular flexibility index (Phi) is 10.0. The number of thioether (sulfide) groups is 1. The molecule has 1 aromatic rings. The fourth-order valence-electron chi connectivity index (χ4n) is 1.56. The van der Waals surface area contributed by atoms with E-state index in [1.165, 1.54) is 6.92 Å². The molecule has 0 saturated heterocycles. The minimum absolute atomic E-state index is 0. The SMILES string of the molecule is CCNc1nc(NC(C)C)nc(SC[C@@H](NC(C)=O)C(=O)O)n1.Cl. The molecule has 9 nitrogen and oxygen atoms in total. The van der Waals surface area contributed by atoms with Gasteiger partial charge in [-0.05, 0) is 20.8 Å². The average Bonchev–Trinajstić information content (AvgIpc) is 2.42. The van der Waals surface area contributed by atoms with E-state index in [1.54, 1.807) is 0 Å². The van der Waals surface area contributed by atoms with Crippen LogP contribution in [-0.2, 0) is 9.59 Å². The van der Waals surface area contributed by atoms with Crippen molar-refractivity contribution in [2.24, 2.45) is 0 Å². The second kappa shape index (κ2) is 10.9. The van der Waals surface area contributed by atoms with E-state index in [-0.39, 0.29) is 24.2 Å². The van der Waals surface area contributed by atoms with Crippen LogP contribution in [-0.4, -0.2) is 56.3 Å². The molecular formula is C13H23ClN6O3S. The number of carbonyl (C=O) groups is 2. The van der Waals surface area contributed by atoms with E-state index in [2.05, 4.69) is 30.9 Å². The molecule has 0 bridgehead atoms. The van der Waals surface area contributed by atoms with Gasteiger partial charge in [-0.15, -0.1) is 12.4 Å². The first kappa shape index (κ1) is 22.2. The van der Waals surface area contributed by atoms with Crippen molar-refractivity contribution >= 4 is 47.9 Å². The molecule has 24 heavy (non-hydrogen) atoms. The Hall–Kier alpha value is -1.81. The zero-order valence-corrected chi connectivity index (χ0v) is 15.6. The highest BCUT2D eigenvalue weighted by Crippen LogP contribution is 2.18. The average molecular weight is 379 g/mol. The topological polar surface area (TPSA) is 129 Å². The summed E-state index contributed by atoms with van der Waals surface area (Å²) in [5.41, 5.74) is 0. The lowest BCUT2D eigenvalue weighted by molar-refractivity contribution is -0.140. The van der Waals surface area contributed by atoms with Crippen LogP contribution in [0.25, 0.3) is 0 Å². The number of anilines is 2. The molecule has 0 aliphatic carbocycles. The van der Waals surface area contributed by atoms with Gasteiger partial charge >= 0.3 is 5.97 Å². The second-order valence-corrected chi connectivity index (χ2v) is 5.98. The van der Waals surface area contributed by atoms with Gasteiger partial charge < -0.3 is 21.1 Å². The molecule has 1 rings (SSSR count). The molecule has 4 N–H and O–H groups in total. The van der Waals surface area contributed by atoms with Crippen LogP contribution in [0.5, 0.6) is 0 Å². The maximum absolute atomic E-state index is 11.1. The van der Waals surface area contributed by atoms with E-state index in [0.717, 1.165) is 11.8 Å². The number of aromatic nitrogens is 3. The van der Waals surface area contributed by atoms with Crippen molar-refractivity contribution in [3.63, 3.8) is 0 Å². The van der Waals surface area contributed by atoms with Crippen LogP contribution in [0.3, 0.4) is 0 Å². The Morgan fingerprint density at radius 3 is 2.33 bits per heavy atom. The van der Waals surface area contributed by atoms with Crippen molar-refractivity contribution in [2.45, 2.75) is 44.9 Å². The van der Waals surface area contributed by atoms with E-state index in [0.29, 0.717) is 23.6 Å². The number of aliphatic carboxylic acids is 1. The van der Waals surface area contributed by atoms with Crippen molar-refractivity contribution < 1.29 is 14.7 Å². The molecule has 136 valence electrons. The van der Waals surface area contributed by atoms with E-state index in [9.17, 15) is 9.59 Å². The van der Waals surface area contributed by atoms with Gasteiger partial charge in [-0.25, -0.2) is 4.79 Å².